The third-order valence-electron chi connectivity index (χ3n) is 8.14. The smallest absolute Gasteiger partial charge is 0.231 e. The summed E-state index contributed by atoms with van der Waals surface area (Å²) >= 11 is 6.40. The zero-order valence-electron chi connectivity index (χ0n) is 21.8. The molecule has 1 fully saturated rings. The van der Waals surface area contributed by atoms with Gasteiger partial charge in [-0.1, -0.05) is 17.7 Å². The maximum atomic E-state index is 13.7. The Labute approximate surface area is 235 Å². The number of ketones is 1. The van der Waals surface area contributed by atoms with Gasteiger partial charge in [-0.3, -0.25) is 14.6 Å². The SMILES string of the molecule is C[C@]1(C(N)=O)COc2c1cc([C@@](O)(CCC(=O)c1cc(Cl)c3ncccc3c1)C1CC1)nc2-c1ccc(F)cc1. The van der Waals surface area contributed by atoms with Crippen molar-refractivity contribution in [1.82, 2.24) is 9.97 Å². The lowest BCUT2D eigenvalue weighted by Crippen LogP contribution is -2.40. The highest BCUT2D eigenvalue weighted by Gasteiger charge is 2.49. The molecule has 0 unspecified atom stereocenters. The summed E-state index contributed by atoms with van der Waals surface area (Å²) in [6.07, 6.45) is 3.34. The van der Waals surface area contributed by atoms with E-state index in [0.717, 1.165) is 18.2 Å². The van der Waals surface area contributed by atoms with Crippen LogP contribution in [0.3, 0.4) is 0 Å². The van der Waals surface area contributed by atoms with Crippen LogP contribution in [-0.2, 0) is 15.8 Å². The van der Waals surface area contributed by atoms with E-state index in [1.54, 1.807) is 49.5 Å². The first-order chi connectivity index (χ1) is 19.1. The first kappa shape index (κ1) is 26.3. The molecule has 3 heterocycles. The van der Waals surface area contributed by atoms with Gasteiger partial charge in [-0.25, -0.2) is 9.37 Å². The number of aliphatic hydroxyl groups is 1. The van der Waals surface area contributed by atoms with Gasteiger partial charge < -0.3 is 15.6 Å². The number of ether oxygens (including phenoxy) is 1. The number of carbonyl (C=O) groups is 2. The molecular formula is C31H27ClFN3O4. The topological polar surface area (TPSA) is 115 Å². The average Bonchev–Trinajstić information content (AvgIpc) is 3.75. The third kappa shape index (κ3) is 4.41. The summed E-state index contributed by atoms with van der Waals surface area (Å²) in [6, 6.07) is 14.4. The van der Waals surface area contributed by atoms with Gasteiger partial charge in [-0.05, 0) is 80.6 Å². The number of carbonyl (C=O) groups excluding carboxylic acids is 2. The molecule has 1 aliphatic carbocycles. The number of Topliss-reactive ketones (excluding diaryl/α,β-unsaturated/α-hetero) is 1. The van der Waals surface area contributed by atoms with E-state index < -0.39 is 22.7 Å². The molecule has 0 radical (unpaired) electrons. The van der Waals surface area contributed by atoms with Crippen molar-refractivity contribution in [1.29, 1.82) is 0 Å². The van der Waals surface area contributed by atoms with Crippen LogP contribution in [0.15, 0.2) is 60.8 Å². The average molecular weight is 560 g/mol. The monoisotopic (exact) mass is 559 g/mol. The van der Waals surface area contributed by atoms with E-state index >= 15 is 0 Å². The van der Waals surface area contributed by atoms with Crippen molar-refractivity contribution >= 4 is 34.2 Å². The van der Waals surface area contributed by atoms with Crippen molar-refractivity contribution in [2.45, 2.75) is 43.6 Å². The number of pyridine rings is 2. The summed E-state index contributed by atoms with van der Waals surface area (Å²) < 4.78 is 19.6. The van der Waals surface area contributed by atoms with Gasteiger partial charge in [-0.15, -0.1) is 0 Å². The van der Waals surface area contributed by atoms with Gasteiger partial charge in [0.05, 0.1) is 16.2 Å². The first-order valence-corrected chi connectivity index (χ1v) is 13.5. The second-order valence-electron chi connectivity index (χ2n) is 10.9. The Hall–Kier alpha value is -3.88. The minimum atomic E-state index is -1.44. The predicted molar refractivity (Wildman–Crippen MR) is 149 cm³/mol. The van der Waals surface area contributed by atoms with Crippen LogP contribution >= 0.6 is 11.6 Å². The van der Waals surface area contributed by atoms with E-state index in [1.165, 1.54) is 12.1 Å². The highest BCUT2D eigenvalue weighted by Crippen LogP contribution is 2.51. The Morgan fingerprint density at radius 1 is 1.20 bits per heavy atom. The van der Waals surface area contributed by atoms with Crippen LogP contribution in [0.1, 0.15) is 54.2 Å². The molecule has 40 heavy (non-hydrogen) atoms. The first-order valence-electron chi connectivity index (χ1n) is 13.1. The lowest BCUT2D eigenvalue weighted by Gasteiger charge is -2.29. The van der Waals surface area contributed by atoms with Crippen LogP contribution in [0.5, 0.6) is 5.75 Å². The Morgan fingerprint density at radius 3 is 2.65 bits per heavy atom. The van der Waals surface area contributed by atoms with Crippen molar-refractivity contribution < 1.29 is 23.8 Å². The summed E-state index contributed by atoms with van der Waals surface area (Å²) in [4.78, 5) is 35.0. The van der Waals surface area contributed by atoms with Crippen LogP contribution in [0.4, 0.5) is 4.39 Å². The molecule has 2 aromatic heterocycles. The number of benzene rings is 2. The number of primary amides is 1. The van der Waals surface area contributed by atoms with E-state index in [2.05, 4.69) is 4.98 Å². The largest absolute Gasteiger partial charge is 0.489 e. The number of hydrogen-bond acceptors (Lipinski definition) is 6. The fourth-order valence-electron chi connectivity index (χ4n) is 5.47. The van der Waals surface area contributed by atoms with Crippen LogP contribution in [0.25, 0.3) is 22.2 Å². The third-order valence-corrected chi connectivity index (χ3v) is 8.43. The van der Waals surface area contributed by atoms with Gasteiger partial charge >= 0.3 is 0 Å². The second-order valence-corrected chi connectivity index (χ2v) is 11.3. The van der Waals surface area contributed by atoms with E-state index in [0.29, 0.717) is 44.4 Å². The summed E-state index contributed by atoms with van der Waals surface area (Å²) in [7, 11) is 0. The van der Waals surface area contributed by atoms with E-state index in [1.807, 2.05) is 6.07 Å². The molecule has 2 aromatic carbocycles. The molecule has 4 aromatic rings. The molecule has 2 atom stereocenters. The van der Waals surface area contributed by atoms with E-state index in [-0.39, 0.29) is 31.1 Å². The fraction of sp³-hybridized carbons (Fsp3) is 0.290. The minimum Gasteiger partial charge on any atom is -0.489 e. The number of fused-ring (bicyclic) bond motifs is 2. The van der Waals surface area contributed by atoms with Crippen LogP contribution in [0, 0.1) is 11.7 Å². The van der Waals surface area contributed by atoms with Gasteiger partial charge in [-0.2, -0.15) is 0 Å². The molecule has 0 bridgehead atoms. The minimum absolute atomic E-state index is 0.0227. The van der Waals surface area contributed by atoms with Gasteiger partial charge in [0.2, 0.25) is 5.91 Å². The highest BCUT2D eigenvalue weighted by atomic mass is 35.5. The summed E-state index contributed by atoms with van der Waals surface area (Å²) in [5.41, 5.74) is 6.07. The van der Waals surface area contributed by atoms with Crippen molar-refractivity contribution in [3.8, 4) is 17.0 Å². The van der Waals surface area contributed by atoms with Crippen LogP contribution in [-0.4, -0.2) is 33.4 Å². The van der Waals surface area contributed by atoms with Crippen molar-refractivity contribution in [2.75, 3.05) is 6.61 Å². The molecule has 1 aliphatic heterocycles. The standard InChI is InChI=1S/C31H27ClFN3O4/c1-30(29(34)38)16-40-28-22(30)15-25(36-27(28)17-4-8-21(33)9-5-17)31(39,20-6-7-20)11-10-24(37)19-13-18-3-2-12-35-26(18)23(32)14-19/h2-5,8-9,12-15,20,39H,6-7,10-11,16H2,1H3,(H2,34,38)/t30-,31+/m0/s1. The number of nitrogens with two attached hydrogens (primary N) is 1. The Kier molecular flexibility index (Phi) is 6.35. The Morgan fingerprint density at radius 2 is 1.95 bits per heavy atom. The molecule has 3 N–H and O–H groups in total. The van der Waals surface area contributed by atoms with Gasteiger partial charge in [0.1, 0.15) is 34.9 Å². The molecule has 7 nitrogen and oxygen atoms in total. The van der Waals surface area contributed by atoms with E-state index in [4.69, 9.17) is 27.1 Å². The number of hydrogen-bond donors (Lipinski definition) is 2. The zero-order chi connectivity index (χ0) is 28.2. The van der Waals surface area contributed by atoms with Crippen molar-refractivity contribution in [3.05, 3.63) is 88.5 Å². The van der Waals surface area contributed by atoms with Gasteiger partial charge in [0, 0.05) is 34.7 Å². The Bertz CT molecular complexity index is 1670. The summed E-state index contributed by atoms with van der Waals surface area (Å²) in [5, 5.41) is 13.3. The number of aromatic nitrogens is 2. The maximum absolute atomic E-state index is 13.7. The lowest BCUT2D eigenvalue weighted by atomic mass is 9.80. The molecule has 204 valence electrons. The molecule has 0 spiro atoms. The second kappa shape index (κ2) is 9.64. The molecular weight excluding hydrogens is 533 g/mol. The lowest BCUT2D eigenvalue weighted by molar-refractivity contribution is -0.123. The fourth-order valence-corrected chi connectivity index (χ4v) is 5.75. The highest BCUT2D eigenvalue weighted by molar-refractivity contribution is 6.35. The van der Waals surface area contributed by atoms with E-state index in [9.17, 15) is 19.1 Å². The van der Waals surface area contributed by atoms with Crippen LogP contribution in [0.2, 0.25) is 5.02 Å². The van der Waals surface area contributed by atoms with Gasteiger partial charge in [0.25, 0.3) is 0 Å². The van der Waals surface area contributed by atoms with Gasteiger partial charge in [0.15, 0.2) is 5.78 Å². The molecule has 1 amide bonds. The number of nitrogens with zero attached hydrogens (tertiary/aromatic N) is 2. The van der Waals surface area contributed by atoms with Crippen LogP contribution < -0.4 is 10.5 Å². The number of amides is 1. The molecule has 9 heteroatoms. The normalized spacial score (nSPS) is 19.6. The number of rotatable bonds is 8. The van der Waals surface area contributed by atoms with Crippen molar-refractivity contribution in [3.63, 3.8) is 0 Å². The summed E-state index contributed by atoms with van der Waals surface area (Å²) in [6.45, 7) is 1.71. The molecule has 1 saturated carbocycles. The zero-order valence-corrected chi connectivity index (χ0v) is 22.5. The maximum Gasteiger partial charge on any atom is 0.231 e. The Balaban J connectivity index is 1.39. The number of halogens is 2. The molecule has 0 saturated heterocycles. The molecule has 2 aliphatic rings. The van der Waals surface area contributed by atoms with Crippen molar-refractivity contribution in [2.24, 2.45) is 11.7 Å². The predicted octanol–water partition coefficient (Wildman–Crippen LogP) is 5.49. The summed E-state index contributed by atoms with van der Waals surface area (Å²) in [5.74, 6) is -0.876. The quantitative estimate of drug-likeness (QED) is 0.276. The molecule has 6 rings (SSSR count).